The lowest BCUT2D eigenvalue weighted by atomic mass is 10.1. The van der Waals surface area contributed by atoms with E-state index in [1.165, 1.54) is 0 Å². The van der Waals surface area contributed by atoms with Crippen LogP contribution in [0.25, 0.3) is 11.6 Å². The predicted octanol–water partition coefficient (Wildman–Crippen LogP) is 3.28. The summed E-state index contributed by atoms with van der Waals surface area (Å²) >= 11 is 1.65. The molecule has 76 valence electrons. The first-order valence-corrected chi connectivity index (χ1v) is 5.68. The molecule has 0 aliphatic heterocycles. The molecule has 0 radical (unpaired) electrons. The molecule has 0 atom stereocenters. The van der Waals surface area contributed by atoms with Gasteiger partial charge in [0.15, 0.2) is 0 Å². The van der Waals surface area contributed by atoms with Gasteiger partial charge >= 0.3 is 0 Å². The first-order valence-electron chi connectivity index (χ1n) is 4.80. The maximum Gasteiger partial charge on any atom is 0.0695 e. The highest BCUT2D eigenvalue weighted by Gasteiger charge is 2.00. The van der Waals surface area contributed by atoms with E-state index >= 15 is 0 Å². The zero-order chi connectivity index (χ0) is 10.5. The van der Waals surface area contributed by atoms with Gasteiger partial charge in [0.05, 0.1) is 6.61 Å². The lowest BCUT2D eigenvalue weighted by Crippen LogP contribution is -1.86. The van der Waals surface area contributed by atoms with Gasteiger partial charge in [-0.25, -0.2) is 0 Å². The number of aliphatic hydroxyl groups is 1. The number of hydrogen-bond acceptors (Lipinski definition) is 2. The van der Waals surface area contributed by atoms with Crippen molar-refractivity contribution in [2.45, 2.75) is 0 Å². The first-order chi connectivity index (χ1) is 7.40. The fourth-order valence-corrected chi connectivity index (χ4v) is 2.14. The molecule has 0 saturated heterocycles. The van der Waals surface area contributed by atoms with Crippen LogP contribution < -0.4 is 0 Å². The molecule has 1 N–H and O–H groups in total. The van der Waals surface area contributed by atoms with Gasteiger partial charge in [-0.3, -0.25) is 0 Å². The van der Waals surface area contributed by atoms with Crippen LogP contribution in [0.4, 0.5) is 0 Å². The Bertz CT molecular complexity index is 429. The number of rotatable bonds is 3. The van der Waals surface area contributed by atoms with Crippen molar-refractivity contribution in [3.05, 3.63) is 58.3 Å². The first kappa shape index (κ1) is 10.1. The standard InChI is InChI=1S/C13H12OS/c14-10-12(13-7-4-8-15-13)9-11-5-2-1-3-6-11/h1-9,14H,10H2/b12-9-. The quantitative estimate of drug-likeness (QED) is 0.834. The van der Waals surface area contributed by atoms with E-state index in [9.17, 15) is 5.11 Å². The summed E-state index contributed by atoms with van der Waals surface area (Å²) in [5, 5.41) is 11.3. The molecule has 2 aromatic rings. The molecule has 0 aliphatic rings. The van der Waals surface area contributed by atoms with Crippen LogP contribution in [0, 0.1) is 0 Å². The van der Waals surface area contributed by atoms with Crippen molar-refractivity contribution in [3.63, 3.8) is 0 Å². The van der Waals surface area contributed by atoms with Crippen molar-refractivity contribution >= 4 is 23.0 Å². The minimum atomic E-state index is 0.0788. The Labute approximate surface area is 93.3 Å². The summed E-state index contributed by atoms with van der Waals surface area (Å²) in [5.41, 5.74) is 2.09. The summed E-state index contributed by atoms with van der Waals surface area (Å²) in [4.78, 5) is 1.13. The lowest BCUT2D eigenvalue weighted by Gasteiger charge is -2.00. The van der Waals surface area contributed by atoms with Gasteiger partial charge in [0.1, 0.15) is 0 Å². The van der Waals surface area contributed by atoms with Crippen molar-refractivity contribution < 1.29 is 5.11 Å². The van der Waals surface area contributed by atoms with Gasteiger partial charge in [0.25, 0.3) is 0 Å². The van der Waals surface area contributed by atoms with Crippen LogP contribution in [0.5, 0.6) is 0 Å². The number of thiophene rings is 1. The Kier molecular flexibility index (Phi) is 3.33. The monoisotopic (exact) mass is 216 g/mol. The van der Waals surface area contributed by atoms with E-state index in [1.54, 1.807) is 11.3 Å². The predicted molar refractivity (Wildman–Crippen MR) is 65.7 cm³/mol. The molecule has 2 rings (SSSR count). The summed E-state index contributed by atoms with van der Waals surface area (Å²) in [6.07, 6.45) is 2.02. The normalized spacial score (nSPS) is 11.7. The topological polar surface area (TPSA) is 20.2 Å². The minimum Gasteiger partial charge on any atom is -0.392 e. The van der Waals surface area contributed by atoms with Crippen LogP contribution in [-0.2, 0) is 0 Å². The van der Waals surface area contributed by atoms with Gasteiger partial charge in [-0.05, 0) is 28.7 Å². The highest BCUT2D eigenvalue weighted by molar-refractivity contribution is 7.11. The molecule has 0 amide bonds. The fourth-order valence-electron chi connectivity index (χ4n) is 1.41. The van der Waals surface area contributed by atoms with E-state index in [1.807, 2.05) is 53.9 Å². The zero-order valence-corrected chi connectivity index (χ0v) is 9.08. The van der Waals surface area contributed by atoms with Crippen LogP contribution in [0.1, 0.15) is 10.4 Å². The molecule has 0 saturated carbocycles. The maximum atomic E-state index is 9.30. The Morgan fingerprint density at radius 1 is 1.13 bits per heavy atom. The van der Waals surface area contributed by atoms with Gasteiger partial charge in [-0.1, -0.05) is 36.4 Å². The van der Waals surface area contributed by atoms with Gasteiger partial charge in [0.2, 0.25) is 0 Å². The minimum absolute atomic E-state index is 0.0788. The van der Waals surface area contributed by atoms with Crippen molar-refractivity contribution in [3.8, 4) is 0 Å². The van der Waals surface area contributed by atoms with Gasteiger partial charge in [-0.2, -0.15) is 0 Å². The van der Waals surface area contributed by atoms with Crippen LogP contribution in [0.2, 0.25) is 0 Å². The third-order valence-electron chi connectivity index (χ3n) is 2.15. The van der Waals surface area contributed by atoms with Gasteiger partial charge < -0.3 is 5.11 Å². The van der Waals surface area contributed by atoms with Crippen molar-refractivity contribution in [1.82, 2.24) is 0 Å². The number of hydrogen-bond donors (Lipinski definition) is 1. The molecule has 1 nitrogen and oxygen atoms in total. The molecule has 0 spiro atoms. The third kappa shape index (κ3) is 2.55. The molecule has 1 heterocycles. The molecule has 0 fully saturated rings. The Hall–Kier alpha value is -1.38. The van der Waals surface area contributed by atoms with Crippen LogP contribution in [0.3, 0.4) is 0 Å². The van der Waals surface area contributed by atoms with E-state index in [-0.39, 0.29) is 6.61 Å². The van der Waals surface area contributed by atoms with E-state index in [0.717, 1.165) is 16.0 Å². The van der Waals surface area contributed by atoms with Crippen LogP contribution in [0.15, 0.2) is 47.8 Å². The number of aliphatic hydroxyl groups excluding tert-OH is 1. The van der Waals surface area contributed by atoms with E-state index in [2.05, 4.69) is 0 Å². The summed E-state index contributed by atoms with van der Waals surface area (Å²) in [7, 11) is 0. The van der Waals surface area contributed by atoms with Crippen molar-refractivity contribution in [1.29, 1.82) is 0 Å². The maximum absolute atomic E-state index is 9.30. The lowest BCUT2D eigenvalue weighted by molar-refractivity contribution is 0.351. The molecule has 0 aliphatic carbocycles. The molecular formula is C13H12OS. The van der Waals surface area contributed by atoms with E-state index in [4.69, 9.17) is 0 Å². The van der Waals surface area contributed by atoms with Gasteiger partial charge in [-0.15, -0.1) is 11.3 Å². The summed E-state index contributed by atoms with van der Waals surface area (Å²) in [6, 6.07) is 14.1. The second-order valence-corrected chi connectivity index (χ2v) is 4.16. The van der Waals surface area contributed by atoms with Crippen molar-refractivity contribution in [2.75, 3.05) is 6.61 Å². The number of benzene rings is 1. The Balaban J connectivity index is 2.32. The second-order valence-electron chi connectivity index (χ2n) is 3.22. The SMILES string of the molecule is OC/C(=C/c1ccccc1)c1cccs1. The average molecular weight is 216 g/mol. The van der Waals surface area contributed by atoms with Crippen LogP contribution >= 0.6 is 11.3 Å². The Morgan fingerprint density at radius 3 is 2.53 bits per heavy atom. The molecule has 1 aromatic carbocycles. The molecule has 0 unspecified atom stereocenters. The van der Waals surface area contributed by atoms with Gasteiger partial charge in [0, 0.05) is 4.88 Å². The van der Waals surface area contributed by atoms with E-state index < -0.39 is 0 Å². The summed E-state index contributed by atoms with van der Waals surface area (Å²) in [6.45, 7) is 0.0788. The fraction of sp³-hybridized carbons (Fsp3) is 0.0769. The molecular weight excluding hydrogens is 204 g/mol. The highest BCUT2D eigenvalue weighted by Crippen LogP contribution is 2.22. The average Bonchev–Trinajstić information content (AvgIpc) is 2.81. The third-order valence-corrected chi connectivity index (χ3v) is 3.09. The molecule has 2 heteroatoms. The van der Waals surface area contributed by atoms with Crippen LogP contribution in [-0.4, -0.2) is 11.7 Å². The summed E-state index contributed by atoms with van der Waals surface area (Å²) < 4.78 is 0. The zero-order valence-electron chi connectivity index (χ0n) is 8.26. The molecule has 0 bridgehead atoms. The molecule has 15 heavy (non-hydrogen) atoms. The van der Waals surface area contributed by atoms with Crippen molar-refractivity contribution in [2.24, 2.45) is 0 Å². The second kappa shape index (κ2) is 4.91. The van der Waals surface area contributed by atoms with E-state index in [0.29, 0.717) is 0 Å². The summed E-state index contributed by atoms with van der Waals surface area (Å²) in [5.74, 6) is 0. The highest BCUT2D eigenvalue weighted by atomic mass is 32.1. The molecule has 1 aromatic heterocycles. The smallest absolute Gasteiger partial charge is 0.0695 e. The largest absolute Gasteiger partial charge is 0.392 e. The Morgan fingerprint density at radius 2 is 1.93 bits per heavy atom.